The van der Waals surface area contributed by atoms with Crippen molar-refractivity contribution in [2.24, 2.45) is 5.92 Å². The lowest BCUT2D eigenvalue weighted by Gasteiger charge is -2.27. The summed E-state index contributed by atoms with van der Waals surface area (Å²) in [5, 5.41) is 0. The molecule has 0 aromatic heterocycles. The Labute approximate surface area is 177 Å². The van der Waals surface area contributed by atoms with Crippen LogP contribution in [0.3, 0.4) is 0 Å². The highest BCUT2D eigenvalue weighted by Gasteiger charge is 2.27. The van der Waals surface area contributed by atoms with E-state index in [-0.39, 0.29) is 12.2 Å². The Balaban J connectivity index is 1.92. The zero-order valence-electron chi connectivity index (χ0n) is 18.8. The molecular weight excluding hydrogens is 372 g/mol. The minimum Gasteiger partial charge on any atom is -0.435 e. The van der Waals surface area contributed by atoms with Crippen molar-refractivity contribution in [1.29, 1.82) is 0 Å². The van der Waals surface area contributed by atoms with Crippen molar-refractivity contribution in [2.45, 2.75) is 116 Å². The molecule has 1 aliphatic carbocycles. The van der Waals surface area contributed by atoms with Crippen molar-refractivity contribution in [3.05, 3.63) is 0 Å². The Morgan fingerprint density at radius 1 is 0.724 bits per heavy atom. The van der Waals surface area contributed by atoms with E-state index in [1.165, 1.54) is 44.9 Å². The molecule has 6 nitrogen and oxygen atoms in total. The smallest absolute Gasteiger partial charge is 0.435 e. The Kier molecular flexibility index (Phi) is 14.4. The summed E-state index contributed by atoms with van der Waals surface area (Å²) < 4.78 is 20.5. The highest BCUT2D eigenvalue weighted by Crippen LogP contribution is 2.24. The molecule has 0 aromatic rings. The summed E-state index contributed by atoms with van der Waals surface area (Å²) in [4.78, 5) is 23.1. The van der Waals surface area contributed by atoms with Crippen LogP contribution in [0.5, 0.6) is 0 Å². The van der Waals surface area contributed by atoms with E-state index in [9.17, 15) is 9.59 Å². The summed E-state index contributed by atoms with van der Waals surface area (Å²) >= 11 is 0. The van der Waals surface area contributed by atoms with Gasteiger partial charge in [0.1, 0.15) is 12.2 Å². The van der Waals surface area contributed by atoms with Gasteiger partial charge >= 0.3 is 12.3 Å². The molecule has 0 aliphatic heterocycles. The van der Waals surface area contributed by atoms with Crippen LogP contribution in [0.1, 0.15) is 104 Å². The maximum atomic E-state index is 11.8. The number of carbonyl (C=O) groups is 2. The number of ether oxygens (including phenoxy) is 4. The molecule has 1 aliphatic rings. The van der Waals surface area contributed by atoms with E-state index in [2.05, 4.69) is 13.8 Å². The van der Waals surface area contributed by atoms with E-state index in [1.54, 1.807) is 6.92 Å². The van der Waals surface area contributed by atoms with Gasteiger partial charge in [-0.3, -0.25) is 0 Å². The van der Waals surface area contributed by atoms with Gasteiger partial charge in [0.25, 0.3) is 0 Å². The van der Waals surface area contributed by atoms with E-state index in [4.69, 9.17) is 18.9 Å². The lowest BCUT2D eigenvalue weighted by molar-refractivity contribution is -0.0260. The van der Waals surface area contributed by atoms with Gasteiger partial charge in [0.05, 0.1) is 13.2 Å². The summed E-state index contributed by atoms with van der Waals surface area (Å²) in [7, 11) is 0. The van der Waals surface area contributed by atoms with Gasteiger partial charge in [-0.2, -0.15) is 0 Å². The molecule has 170 valence electrons. The normalized spacial score (nSPS) is 19.0. The molecule has 6 heteroatoms. The van der Waals surface area contributed by atoms with Crippen LogP contribution in [0.4, 0.5) is 9.59 Å². The van der Waals surface area contributed by atoms with Crippen LogP contribution in [-0.2, 0) is 18.9 Å². The highest BCUT2D eigenvalue weighted by molar-refractivity contribution is 5.60. The third kappa shape index (κ3) is 14.2. The van der Waals surface area contributed by atoms with Crippen molar-refractivity contribution < 1.29 is 28.5 Å². The van der Waals surface area contributed by atoms with Crippen LogP contribution in [-0.4, -0.2) is 37.7 Å². The second kappa shape index (κ2) is 16.3. The third-order valence-electron chi connectivity index (χ3n) is 5.30. The lowest BCUT2D eigenvalue weighted by Crippen LogP contribution is -2.30. The molecule has 0 bridgehead atoms. The SMILES string of the molecule is CCOC(=O)OC1CCC(OC(=O)OCCCCCCCCCCC(C)C)CC1. The van der Waals surface area contributed by atoms with Crippen molar-refractivity contribution in [2.75, 3.05) is 13.2 Å². The first-order chi connectivity index (χ1) is 14.0. The Morgan fingerprint density at radius 3 is 1.66 bits per heavy atom. The Bertz CT molecular complexity index is 429. The van der Waals surface area contributed by atoms with Crippen molar-refractivity contribution >= 4 is 12.3 Å². The number of carbonyl (C=O) groups excluding carboxylic acids is 2. The molecule has 1 rings (SSSR count). The topological polar surface area (TPSA) is 71.1 Å². The summed E-state index contributed by atoms with van der Waals surface area (Å²) in [6.45, 7) is 7.04. The van der Waals surface area contributed by atoms with Gasteiger partial charge in [-0.1, -0.05) is 65.2 Å². The van der Waals surface area contributed by atoms with E-state index in [1.807, 2.05) is 0 Å². The van der Waals surface area contributed by atoms with Crippen LogP contribution >= 0.6 is 0 Å². The fraction of sp³-hybridized carbons (Fsp3) is 0.913. The molecule has 0 unspecified atom stereocenters. The fourth-order valence-corrected chi connectivity index (χ4v) is 3.60. The molecule has 0 aromatic carbocycles. The maximum Gasteiger partial charge on any atom is 0.508 e. The first-order valence-electron chi connectivity index (χ1n) is 11.7. The molecule has 1 fully saturated rings. The van der Waals surface area contributed by atoms with Crippen molar-refractivity contribution in [1.82, 2.24) is 0 Å². The van der Waals surface area contributed by atoms with Gasteiger partial charge in [0.2, 0.25) is 0 Å². The van der Waals surface area contributed by atoms with E-state index in [0.717, 1.165) is 18.8 Å². The average Bonchev–Trinajstić information content (AvgIpc) is 2.67. The highest BCUT2D eigenvalue weighted by atomic mass is 16.7. The van der Waals surface area contributed by atoms with E-state index >= 15 is 0 Å². The van der Waals surface area contributed by atoms with Gasteiger partial charge in [-0.05, 0) is 44.9 Å². The quantitative estimate of drug-likeness (QED) is 0.230. The fourth-order valence-electron chi connectivity index (χ4n) is 3.60. The van der Waals surface area contributed by atoms with Gasteiger partial charge in [0.15, 0.2) is 0 Å². The summed E-state index contributed by atoms with van der Waals surface area (Å²) in [6, 6.07) is 0. The summed E-state index contributed by atoms with van der Waals surface area (Å²) in [5.41, 5.74) is 0. The lowest BCUT2D eigenvalue weighted by atomic mass is 9.95. The second-order valence-electron chi connectivity index (χ2n) is 8.43. The minimum absolute atomic E-state index is 0.153. The monoisotopic (exact) mass is 414 g/mol. The molecule has 0 heterocycles. The van der Waals surface area contributed by atoms with E-state index < -0.39 is 12.3 Å². The summed E-state index contributed by atoms with van der Waals surface area (Å²) in [6.07, 6.45) is 12.3. The summed E-state index contributed by atoms with van der Waals surface area (Å²) in [5.74, 6) is 0.821. The van der Waals surface area contributed by atoms with Crippen LogP contribution < -0.4 is 0 Å². The minimum atomic E-state index is -0.623. The molecule has 1 saturated carbocycles. The number of hydrogen-bond acceptors (Lipinski definition) is 6. The van der Waals surface area contributed by atoms with Crippen LogP contribution in [0, 0.1) is 5.92 Å². The molecule has 29 heavy (non-hydrogen) atoms. The Hall–Kier alpha value is -1.46. The third-order valence-corrected chi connectivity index (χ3v) is 5.30. The van der Waals surface area contributed by atoms with Crippen LogP contribution in [0.15, 0.2) is 0 Å². The van der Waals surface area contributed by atoms with Gasteiger partial charge in [-0.15, -0.1) is 0 Å². The number of unbranched alkanes of at least 4 members (excludes halogenated alkanes) is 7. The first-order valence-corrected chi connectivity index (χ1v) is 11.7. The number of hydrogen-bond donors (Lipinski definition) is 0. The zero-order valence-corrected chi connectivity index (χ0v) is 18.8. The largest absolute Gasteiger partial charge is 0.508 e. The van der Waals surface area contributed by atoms with Gasteiger partial charge < -0.3 is 18.9 Å². The maximum absolute atomic E-state index is 11.8. The molecule has 0 spiro atoms. The molecule has 0 radical (unpaired) electrons. The molecular formula is C23H42O6. The predicted molar refractivity (Wildman–Crippen MR) is 113 cm³/mol. The number of rotatable bonds is 14. The van der Waals surface area contributed by atoms with Gasteiger partial charge in [0, 0.05) is 0 Å². The first kappa shape index (κ1) is 25.6. The molecule has 0 N–H and O–H groups in total. The second-order valence-corrected chi connectivity index (χ2v) is 8.43. The van der Waals surface area contributed by atoms with Crippen molar-refractivity contribution in [3.8, 4) is 0 Å². The standard InChI is InChI=1S/C23H42O6/c1-4-26-22(24)28-20-14-16-21(17-15-20)29-23(25)27-18-12-10-8-6-5-7-9-11-13-19(2)3/h19-21H,4-18H2,1-3H3. The molecule has 0 saturated heterocycles. The molecule has 0 atom stereocenters. The average molecular weight is 415 g/mol. The zero-order chi connectivity index (χ0) is 21.3. The van der Waals surface area contributed by atoms with Gasteiger partial charge in [-0.25, -0.2) is 9.59 Å². The predicted octanol–water partition coefficient (Wildman–Crippen LogP) is 6.79. The van der Waals surface area contributed by atoms with Crippen LogP contribution in [0.25, 0.3) is 0 Å². The molecule has 0 amide bonds. The van der Waals surface area contributed by atoms with Crippen LogP contribution in [0.2, 0.25) is 0 Å². The van der Waals surface area contributed by atoms with E-state index in [0.29, 0.717) is 38.9 Å². The Morgan fingerprint density at radius 2 is 1.17 bits per heavy atom. The van der Waals surface area contributed by atoms with Crippen molar-refractivity contribution in [3.63, 3.8) is 0 Å².